The summed E-state index contributed by atoms with van der Waals surface area (Å²) in [4.78, 5) is 0. The maximum Gasteiger partial charge on any atom is 0.144 e. The molecule has 0 fully saturated rings. The molecule has 1 rings (SSSR count). The van der Waals surface area contributed by atoms with Crippen molar-refractivity contribution in [3.8, 4) is 5.75 Å². The van der Waals surface area contributed by atoms with Gasteiger partial charge in [-0.1, -0.05) is 6.07 Å². The van der Waals surface area contributed by atoms with Gasteiger partial charge in [0, 0.05) is 0 Å². The number of nitrogens with one attached hydrogen (secondary N) is 1. The number of phenolic OH excluding ortho intramolecular Hbond substituents is 1. The van der Waals surface area contributed by atoms with Gasteiger partial charge in [-0.15, -0.1) is 0 Å². The van der Waals surface area contributed by atoms with Crippen LogP contribution in [-0.4, -0.2) is 18.7 Å². The van der Waals surface area contributed by atoms with Crippen molar-refractivity contribution in [3.63, 3.8) is 0 Å². The number of hydrogen-bond acceptors (Lipinski definition) is 2. The summed E-state index contributed by atoms with van der Waals surface area (Å²) in [6.45, 7) is 0.716. The first-order valence-electron chi connectivity index (χ1n) is 3.97. The third kappa shape index (κ3) is 2.42. The lowest BCUT2D eigenvalue weighted by Gasteiger charge is -2.05. The van der Waals surface area contributed by atoms with E-state index >= 15 is 0 Å². The number of rotatable bonds is 3. The van der Waals surface area contributed by atoms with Crippen LogP contribution in [0, 0.1) is 5.82 Å². The molecule has 0 unspecified atom stereocenters. The summed E-state index contributed by atoms with van der Waals surface area (Å²) in [5, 5.41) is 12.1. The van der Waals surface area contributed by atoms with E-state index < -0.39 is 0 Å². The lowest BCUT2D eigenvalue weighted by Crippen LogP contribution is -2.11. The van der Waals surface area contributed by atoms with E-state index in [1.165, 1.54) is 6.07 Å². The van der Waals surface area contributed by atoms with Crippen LogP contribution >= 0.6 is 15.9 Å². The third-order valence-corrected chi connectivity index (χ3v) is 2.54. The number of aromatic hydroxyl groups is 1. The van der Waals surface area contributed by atoms with Gasteiger partial charge in [-0.3, -0.25) is 0 Å². The standard InChI is InChI=1S/C9H11BrFNO/c1-12-5-4-6-2-3-7(13)8(10)9(6)11/h2-3,12-13H,4-5H2,1H3. The Balaban J connectivity index is 2.90. The molecule has 0 amide bonds. The van der Waals surface area contributed by atoms with Gasteiger partial charge in [-0.25, -0.2) is 4.39 Å². The molecule has 1 aromatic carbocycles. The largest absolute Gasteiger partial charge is 0.507 e. The third-order valence-electron chi connectivity index (χ3n) is 1.79. The Hall–Kier alpha value is -0.610. The van der Waals surface area contributed by atoms with Crippen molar-refractivity contribution in [2.24, 2.45) is 0 Å². The summed E-state index contributed by atoms with van der Waals surface area (Å²) >= 11 is 2.98. The highest BCUT2D eigenvalue weighted by Crippen LogP contribution is 2.28. The number of likely N-dealkylation sites (N-methyl/N-ethyl adjacent to an activating group) is 1. The zero-order valence-corrected chi connectivity index (χ0v) is 8.86. The fourth-order valence-corrected chi connectivity index (χ4v) is 1.42. The molecule has 0 saturated carbocycles. The Morgan fingerprint density at radius 1 is 1.54 bits per heavy atom. The molecule has 4 heteroatoms. The SMILES string of the molecule is CNCCc1ccc(O)c(Br)c1F. The van der Waals surface area contributed by atoms with E-state index in [0.29, 0.717) is 18.5 Å². The molecule has 0 heterocycles. The first kappa shape index (κ1) is 10.5. The second kappa shape index (κ2) is 4.58. The topological polar surface area (TPSA) is 32.3 Å². The van der Waals surface area contributed by atoms with E-state index in [9.17, 15) is 4.39 Å². The molecule has 0 aliphatic carbocycles. The summed E-state index contributed by atoms with van der Waals surface area (Å²) < 4.78 is 13.5. The molecule has 0 aromatic heterocycles. The maximum atomic E-state index is 13.4. The molecule has 2 nitrogen and oxygen atoms in total. The molecule has 0 saturated heterocycles. The van der Waals surface area contributed by atoms with Crippen LogP contribution in [-0.2, 0) is 6.42 Å². The Bertz CT molecular complexity index is 304. The summed E-state index contributed by atoms with van der Waals surface area (Å²) in [5.74, 6) is -0.444. The van der Waals surface area contributed by atoms with E-state index in [2.05, 4.69) is 21.2 Å². The van der Waals surface area contributed by atoms with E-state index in [1.807, 2.05) is 7.05 Å². The monoisotopic (exact) mass is 247 g/mol. The predicted molar refractivity (Wildman–Crippen MR) is 53.4 cm³/mol. The van der Waals surface area contributed by atoms with Gasteiger partial charge in [0.2, 0.25) is 0 Å². The van der Waals surface area contributed by atoms with Crippen molar-refractivity contribution in [1.29, 1.82) is 0 Å². The van der Waals surface area contributed by atoms with E-state index in [1.54, 1.807) is 6.07 Å². The van der Waals surface area contributed by atoms with Gasteiger partial charge in [0.1, 0.15) is 11.6 Å². The lowest BCUT2D eigenvalue weighted by molar-refractivity contribution is 0.462. The van der Waals surface area contributed by atoms with Gasteiger partial charge in [0.05, 0.1) is 4.47 Å². The van der Waals surface area contributed by atoms with E-state index in [0.717, 1.165) is 0 Å². The molecule has 0 bridgehead atoms. The Kier molecular flexibility index (Phi) is 3.69. The van der Waals surface area contributed by atoms with Crippen molar-refractivity contribution in [3.05, 3.63) is 28.0 Å². The van der Waals surface area contributed by atoms with Crippen molar-refractivity contribution in [2.45, 2.75) is 6.42 Å². The van der Waals surface area contributed by atoms with Gasteiger partial charge >= 0.3 is 0 Å². The molecule has 0 aliphatic heterocycles. The van der Waals surface area contributed by atoms with Gasteiger partial charge in [-0.2, -0.15) is 0 Å². The highest BCUT2D eigenvalue weighted by molar-refractivity contribution is 9.10. The summed E-state index contributed by atoms with van der Waals surface area (Å²) in [6, 6.07) is 3.07. The van der Waals surface area contributed by atoms with E-state index in [4.69, 9.17) is 5.11 Å². The van der Waals surface area contributed by atoms with Crippen LogP contribution < -0.4 is 5.32 Å². The highest BCUT2D eigenvalue weighted by Gasteiger charge is 2.09. The van der Waals surface area contributed by atoms with E-state index in [-0.39, 0.29) is 16.0 Å². The smallest absolute Gasteiger partial charge is 0.144 e. The van der Waals surface area contributed by atoms with Crippen LogP contribution in [0.15, 0.2) is 16.6 Å². The van der Waals surface area contributed by atoms with Crippen molar-refractivity contribution in [2.75, 3.05) is 13.6 Å². The van der Waals surface area contributed by atoms with Gasteiger partial charge in [0.15, 0.2) is 0 Å². The number of benzene rings is 1. The molecule has 0 spiro atoms. The normalized spacial score (nSPS) is 10.4. The fraction of sp³-hybridized carbons (Fsp3) is 0.333. The number of hydrogen-bond donors (Lipinski definition) is 2. The molecular formula is C9H11BrFNO. The van der Waals surface area contributed by atoms with Crippen molar-refractivity contribution < 1.29 is 9.50 Å². The quantitative estimate of drug-likeness (QED) is 0.858. The van der Waals surface area contributed by atoms with Crippen LogP contribution in [0.3, 0.4) is 0 Å². The molecule has 0 aliphatic rings. The highest BCUT2D eigenvalue weighted by atomic mass is 79.9. The van der Waals surface area contributed by atoms with Gasteiger partial charge < -0.3 is 10.4 Å². The lowest BCUT2D eigenvalue weighted by atomic mass is 10.1. The van der Waals surface area contributed by atoms with Crippen LogP contribution in [0.5, 0.6) is 5.75 Å². The van der Waals surface area contributed by atoms with Crippen molar-refractivity contribution in [1.82, 2.24) is 5.32 Å². The Morgan fingerprint density at radius 3 is 2.85 bits per heavy atom. The molecule has 2 N–H and O–H groups in total. The minimum atomic E-state index is -0.379. The summed E-state index contributed by atoms with van der Waals surface area (Å²) in [6.07, 6.45) is 0.612. The Morgan fingerprint density at radius 2 is 2.23 bits per heavy atom. The summed E-state index contributed by atoms with van der Waals surface area (Å²) in [7, 11) is 1.81. The zero-order valence-electron chi connectivity index (χ0n) is 7.27. The fourth-order valence-electron chi connectivity index (χ4n) is 1.03. The van der Waals surface area contributed by atoms with Crippen LogP contribution in [0.1, 0.15) is 5.56 Å². The molecule has 0 atom stereocenters. The van der Waals surface area contributed by atoms with Crippen LogP contribution in [0.4, 0.5) is 4.39 Å². The maximum absolute atomic E-state index is 13.4. The second-order valence-corrected chi connectivity index (χ2v) is 3.52. The molecule has 1 aromatic rings. The average Bonchev–Trinajstić information content (AvgIpc) is 2.13. The predicted octanol–water partition coefficient (Wildman–Crippen LogP) is 2.06. The summed E-state index contributed by atoms with van der Waals surface area (Å²) in [5.41, 5.74) is 0.596. The number of phenols is 1. The molecule has 72 valence electrons. The molecular weight excluding hydrogens is 237 g/mol. The first-order chi connectivity index (χ1) is 6.16. The number of halogens is 2. The van der Waals surface area contributed by atoms with Crippen LogP contribution in [0.2, 0.25) is 0 Å². The molecule has 13 heavy (non-hydrogen) atoms. The van der Waals surface area contributed by atoms with Gasteiger partial charge in [-0.05, 0) is 47.6 Å². The minimum Gasteiger partial charge on any atom is -0.507 e. The minimum absolute atomic E-state index is 0.0642. The zero-order chi connectivity index (χ0) is 9.84. The average molecular weight is 248 g/mol. The first-order valence-corrected chi connectivity index (χ1v) is 4.76. The second-order valence-electron chi connectivity index (χ2n) is 2.73. The Labute approximate surface area is 84.9 Å². The molecule has 0 radical (unpaired) electrons. The van der Waals surface area contributed by atoms with Crippen molar-refractivity contribution >= 4 is 15.9 Å². The van der Waals surface area contributed by atoms with Crippen LogP contribution in [0.25, 0.3) is 0 Å². The van der Waals surface area contributed by atoms with Gasteiger partial charge in [0.25, 0.3) is 0 Å².